The molecule has 98 valence electrons. The molecule has 0 radical (unpaired) electrons. The van der Waals surface area contributed by atoms with Crippen LogP contribution in [-0.2, 0) is 11.3 Å². The lowest BCUT2D eigenvalue weighted by atomic mass is 10.1. The molecule has 3 nitrogen and oxygen atoms in total. The highest BCUT2D eigenvalue weighted by atomic mass is 35.5. The van der Waals surface area contributed by atoms with Crippen molar-refractivity contribution in [1.29, 1.82) is 0 Å². The van der Waals surface area contributed by atoms with Gasteiger partial charge in [0.1, 0.15) is 0 Å². The normalized spacial score (nSPS) is 25.5. The number of rotatable bonds is 1. The van der Waals surface area contributed by atoms with Gasteiger partial charge in [-0.3, -0.25) is 4.90 Å². The highest BCUT2D eigenvalue weighted by Crippen LogP contribution is 2.37. The molecule has 0 unspecified atom stereocenters. The van der Waals surface area contributed by atoms with Gasteiger partial charge in [0.15, 0.2) is 6.23 Å². The first kappa shape index (κ1) is 11.5. The predicted octanol–water partition coefficient (Wildman–Crippen LogP) is 2.93. The fourth-order valence-electron chi connectivity index (χ4n) is 3.07. The van der Waals surface area contributed by atoms with Gasteiger partial charge in [0, 0.05) is 30.9 Å². The molecule has 3 heterocycles. The number of hydrogen-bond acceptors (Lipinski definition) is 2. The molecule has 19 heavy (non-hydrogen) atoms. The van der Waals surface area contributed by atoms with Crippen molar-refractivity contribution in [2.45, 2.75) is 18.9 Å². The molecule has 0 N–H and O–H groups in total. The van der Waals surface area contributed by atoms with Crippen LogP contribution in [0.4, 0.5) is 0 Å². The molecule has 0 bridgehead atoms. The van der Waals surface area contributed by atoms with Crippen molar-refractivity contribution >= 4 is 11.6 Å². The Hall–Kier alpha value is -1.29. The van der Waals surface area contributed by atoms with Crippen LogP contribution < -0.4 is 0 Å². The fraction of sp³-hybridized carbons (Fsp3) is 0.333. The fourth-order valence-corrected chi connectivity index (χ4v) is 3.24. The van der Waals surface area contributed by atoms with Crippen LogP contribution in [0.2, 0.25) is 0 Å². The van der Waals surface area contributed by atoms with Crippen LogP contribution in [0.1, 0.15) is 17.5 Å². The number of para-hydroxylation sites is 1. The van der Waals surface area contributed by atoms with E-state index >= 15 is 0 Å². The molecule has 1 aromatic heterocycles. The lowest BCUT2D eigenvalue weighted by molar-refractivity contribution is 0.000329. The molecule has 0 saturated carbocycles. The predicted molar refractivity (Wildman–Crippen MR) is 74.5 cm³/mol. The maximum Gasteiger partial charge on any atom is 0.153 e. The SMILES string of the molecule is ClC[C@@H]1CN2Cc3ccccc3-n3cccc3[C@H]2O1. The molecule has 1 fully saturated rings. The van der Waals surface area contributed by atoms with Gasteiger partial charge in [0.2, 0.25) is 0 Å². The monoisotopic (exact) mass is 274 g/mol. The van der Waals surface area contributed by atoms with Crippen LogP contribution in [0.3, 0.4) is 0 Å². The highest BCUT2D eigenvalue weighted by Gasteiger charge is 2.37. The summed E-state index contributed by atoms with van der Waals surface area (Å²) in [7, 11) is 0. The van der Waals surface area contributed by atoms with Gasteiger partial charge in [0.05, 0.1) is 11.8 Å². The molecule has 0 amide bonds. The lowest BCUT2D eigenvalue weighted by Crippen LogP contribution is -2.23. The van der Waals surface area contributed by atoms with Gasteiger partial charge in [-0.15, -0.1) is 11.6 Å². The first-order valence-corrected chi connectivity index (χ1v) is 7.11. The number of ether oxygens (including phenoxy) is 1. The van der Waals surface area contributed by atoms with E-state index < -0.39 is 0 Å². The van der Waals surface area contributed by atoms with E-state index in [0.717, 1.165) is 13.1 Å². The molecule has 0 aliphatic carbocycles. The third-order valence-corrected chi connectivity index (χ3v) is 4.27. The van der Waals surface area contributed by atoms with Gasteiger partial charge >= 0.3 is 0 Å². The quantitative estimate of drug-likeness (QED) is 0.744. The average molecular weight is 275 g/mol. The van der Waals surface area contributed by atoms with Crippen molar-refractivity contribution < 1.29 is 4.74 Å². The Balaban J connectivity index is 1.86. The minimum Gasteiger partial charge on any atom is -0.351 e. The van der Waals surface area contributed by atoms with Crippen LogP contribution in [0.5, 0.6) is 0 Å². The second kappa shape index (κ2) is 4.37. The van der Waals surface area contributed by atoms with Crippen molar-refractivity contribution in [3.8, 4) is 5.69 Å². The zero-order valence-corrected chi connectivity index (χ0v) is 11.3. The molecular formula is C15H15ClN2O. The Morgan fingerprint density at radius 3 is 3.00 bits per heavy atom. The van der Waals surface area contributed by atoms with E-state index in [1.807, 2.05) is 0 Å². The van der Waals surface area contributed by atoms with Crippen LogP contribution in [0.15, 0.2) is 42.6 Å². The van der Waals surface area contributed by atoms with E-state index in [9.17, 15) is 0 Å². The summed E-state index contributed by atoms with van der Waals surface area (Å²) in [6, 6.07) is 12.7. The molecule has 4 heteroatoms. The van der Waals surface area contributed by atoms with E-state index in [2.05, 4.69) is 52.1 Å². The molecular weight excluding hydrogens is 260 g/mol. The smallest absolute Gasteiger partial charge is 0.153 e. The standard InChI is InChI=1S/C15H15ClN2O/c16-8-12-10-17-9-11-4-1-2-5-13(11)18-7-3-6-14(18)15(17)19-12/h1-7,12,15H,8-10H2/t12-,15-/m1/s1. The molecule has 2 aliphatic heterocycles. The second-order valence-electron chi connectivity index (χ2n) is 5.13. The summed E-state index contributed by atoms with van der Waals surface area (Å²) in [5.41, 5.74) is 3.78. The van der Waals surface area contributed by atoms with Gasteiger partial charge in [-0.25, -0.2) is 0 Å². The zero-order valence-electron chi connectivity index (χ0n) is 10.5. The van der Waals surface area contributed by atoms with Gasteiger partial charge in [-0.05, 0) is 23.8 Å². The van der Waals surface area contributed by atoms with E-state index in [1.165, 1.54) is 16.9 Å². The molecule has 1 saturated heterocycles. The Kier molecular flexibility index (Phi) is 2.65. The second-order valence-corrected chi connectivity index (χ2v) is 5.43. The van der Waals surface area contributed by atoms with Gasteiger partial charge in [-0.1, -0.05) is 18.2 Å². The maximum atomic E-state index is 6.08. The van der Waals surface area contributed by atoms with E-state index in [4.69, 9.17) is 16.3 Å². The van der Waals surface area contributed by atoms with Gasteiger partial charge in [0.25, 0.3) is 0 Å². The summed E-state index contributed by atoms with van der Waals surface area (Å²) in [6.45, 7) is 1.81. The maximum absolute atomic E-state index is 6.08. The lowest BCUT2D eigenvalue weighted by Gasteiger charge is -2.19. The zero-order chi connectivity index (χ0) is 12.8. The number of halogens is 1. The summed E-state index contributed by atoms with van der Waals surface area (Å²) in [6.07, 6.45) is 2.25. The van der Waals surface area contributed by atoms with Crippen LogP contribution in [-0.4, -0.2) is 28.0 Å². The van der Waals surface area contributed by atoms with Crippen LogP contribution in [0.25, 0.3) is 5.69 Å². The van der Waals surface area contributed by atoms with Crippen LogP contribution >= 0.6 is 11.6 Å². The number of nitrogens with zero attached hydrogens (tertiary/aromatic N) is 2. The number of alkyl halides is 1. The number of hydrogen-bond donors (Lipinski definition) is 0. The summed E-state index contributed by atoms with van der Waals surface area (Å²) < 4.78 is 8.32. The van der Waals surface area contributed by atoms with Crippen molar-refractivity contribution in [1.82, 2.24) is 9.47 Å². The molecule has 1 aromatic carbocycles. The largest absolute Gasteiger partial charge is 0.351 e. The topological polar surface area (TPSA) is 17.4 Å². The minimum atomic E-state index is 0.0196. The highest BCUT2D eigenvalue weighted by molar-refractivity contribution is 6.18. The van der Waals surface area contributed by atoms with Gasteiger partial charge < -0.3 is 9.30 Å². The number of fused-ring (bicyclic) bond motifs is 5. The third kappa shape index (κ3) is 1.73. The summed E-state index contributed by atoms with van der Waals surface area (Å²) in [5.74, 6) is 0.551. The summed E-state index contributed by atoms with van der Waals surface area (Å²) in [5, 5.41) is 0. The van der Waals surface area contributed by atoms with Crippen molar-refractivity contribution in [2.24, 2.45) is 0 Å². The average Bonchev–Trinajstić information content (AvgIpc) is 3.03. The molecule has 2 aliphatic rings. The summed E-state index contributed by atoms with van der Waals surface area (Å²) in [4.78, 5) is 2.37. The first-order valence-electron chi connectivity index (χ1n) is 6.58. The molecule has 2 aromatic rings. The summed E-state index contributed by atoms with van der Waals surface area (Å²) >= 11 is 5.96. The van der Waals surface area contributed by atoms with E-state index in [-0.39, 0.29) is 12.3 Å². The van der Waals surface area contributed by atoms with Crippen LogP contribution in [0, 0.1) is 0 Å². The van der Waals surface area contributed by atoms with Crippen molar-refractivity contribution in [3.05, 3.63) is 53.9 Å². The molecule has 4 rings (SSSR count). The Bertz CT molecular complexity index is 610. The molecule has 2 atom stereocenters. The first-order chi connectivity index (χ1) is 9.36. The number of aromatic nitrogens is 1. The van der Waals surface area contributed by atoms with Crippen molar-refractivity contribution in [3.63, 3.8) is 0 Å². The van der Waals surface area contributed by atoms with E-state index in [0.29, 0.717) is 5.88 Å². The minimum absolute atomic E-state index is 0.0196. The Morgan fingerprint density at radius 1 is 1.21 bits per heavy atom. The molecule has 0 spiro atoms. The number of benzene rings is 1. The Morgan fingerprint density at radius 2 is 2.11 bits per heavy atom. The van der Waals surface area contributed by atoms with Gasteiger partial charge in [-0.2, -0.15) is 0 Å². The third-order valence-electron chi connectivity index (χ3n) is 3.92. The van der Waals surface area contributed by atoms with Crippen molar-refractivity contribution in [2.75, 3.05) is 12.4 Å². The Labute approximate surface area is 117 Å². The van der Waals surface area contributed by atoms with E-state index in [1.54, 1.807) is 0 Å².